The second-order valence-corrected chi connectivity index (χ2v) is 9.03. The van der Waals surface area contributed by atoms with Gasteiger partial charge in [-0.1, -0.05) is 13.8 Å². The van der Waals surface area contributed by atoms with Gasteiger partial charge in [-0.15, -0.1) is 0 Å². The fourth-order valence-electron chi connectivity index (χ4n) is 4.07. The Morgan fingerprint density at radius 1 is 1.23 bits per heavy atom. The molecule has 1 atom stereocenters. The number of carbonyl (C=O) groups is 1. The number of aromatic amines is 1. The highest BCUT2D eigenvalue weighted by molar-refractivity contribution is 5.94. The van der Waals surface area contributed by atoms with Gasteiger partial charge in [0.1, 0.15) is 16.9 Å². The van der Waals surface area contributed by atoms with Crippen molar-refractivity contribution in [2.75, 3.05) is 33.8 Å². The molecule has 0 aliphatic heterocycles. The summed E-state index contributed by atoms with van der Waals surface area (Å²) < 4.78 is 44.9. The maximum absolute atomic E-state index is 13.0. The van der Waals surface area contributed by atoms with Crippen molar-refractivity contribution < 1.29 is 22.7 Å². The zero-order valence-corrected chi connectivity index (χ0v) is 20.2. The molecule has 11 heteroatoms. The lowest BCUT2D eigenvalue weighted by Gasteiger charge is -2.36. The van der Waals surface area contributed by atoms with E-state index in [2.05, 4.69) is 25.2 Å². The number of aromatic nitrogens is 3. The van der Waals surface area contributed by atoms with Crippen molar-refractivity contribution in [2.24, 2.45) is 11.7 Å². The first-order valence-electron chi connectivity index (χ1n) is 11.3. The molecule has 0 aliphatic rings. The molecule has 0 radical (unpaired) electrons. The second kappa shape index (κ2) is 10.6. The molecule has 8 nitrogen and oxygen atoms in total. The van der Waals surface area contributed by atoms with Gasteiger partial charge in [0.15, 0.2) is 0 Å². The third-order valence-corrected chi connectivity index (χ3v) is 5.85. The number of nitrogens with one attached hydrogen (secondary N) is 2. The van der Waals surface area contributed by atoms with Crippen molar-refractivity contribution in [2.45, 2.75) is 32.0 Å². The van der Waals surface area contributed by atoms with Gasteiger partial charge in [0, 0.05) is 47.2 Å². The van der Waals surface area contributed by atoms with Crippen LogP contribution in [0.2, 0.25) is 0 Å². The number of hydrogen-bond acceptors (Lipinski definition) is 6. The molecule has 3 aromatic rings. The maximum atomic E-state index is 13.0. The molecular weight excluding hydrogens is 461 g/mol. The quantitative estimate of drug-likeness (QED) is 0.354. The number of primary amides is 1. The molecule has 0 fully saturated rings. The van der Waals surface area contributed by atoms with Crippen molar-refractivity contribution in [3.05, 3.63) is 42.5 Å². The number of hydrogen-bond donors (Lipinski definition) is 3. The predicted octanol–water partition coefficient (Wildman–Crippen LogP) is 3.44. The summed E-state index contributed by atoms with van der Waals surface area (Å²) in [5, 5.41) is 3.12. The molecule has 0 aliphatic carbocycles. The summed E-state index contributed by atoms with van der Waals surface area (Å²) in [5.41, 5.74) is 6.08. The number of nitrogens with two attached hydrogens (primary N) is 1. The fourth-order valence-corrected chi connectivity index (χ4v) is 4.07. The summed E-state index contributed by atoms with van der Waals surface area (Å²) in [5.74, 6) is -0.891. The molecule has 0 unspecified atom stereocenters. The van der Waals surface area contributed by atoms with Crippen LogP contribution in [0.3, 0.4) is 0 Å². The molecule has 0 aromatic carbocycles. The molecule has 0 saturated heterocycles. The van der Waals surface area contributed by atoms with Gasteiger partial charge in [-0.3, -0.25) is 15.1 Å². The van der Waals surface area contributed by atoms with Crippen LogP contribution in [-0.4, -0.2) is 65.7 Å². The van der Waals surface area contributed by atoms with E-state index in [-0.39, 0.29) is 5.56 Å². The van der Waals surface area contributed by atoms with Crippen LogP contribution in [0, 0.1) is 5.92 Å². The molecule has 1 amide bonds. The van der Waals surface area contributed by atoms with Gasteiger partial charge in [0.25, 0.3) is 0 Å². The Hall–Kier alpha value is -3.18. The number of carbonyl (C=O) groups excluding carboxylic acids is 1. The number of rotatable bonds is 11. The van der Waals surface area contributed by atoms with E-state index in [9.17, 15) is 18.0 Å². The number of pyridine rings is 2. The predicted molar refractivity (Wildman–Crippen MR) is 128 cm³/mol. The van der Waals surface area contributed by atoms with Crippen molar-refractivity contribution >= 4 is 16.9 Å². The lowest BCUT2D eigenvalue weighted by molar-refractivity contribution is -0.139. The summed E-state index contributed by atoms with van der Waals surface area (Å²) in [6.07, 6.45) is 2.64. The Kier molecular flexibility index (Phi) is 8.01. The standard InChI is InChI=1S/C24H31F3N6O2/c1-15(2)24(22(28)34,32-14-23(25,26)27)17-8-16(10-29-11-17)20-13-31-21-19(20)9-18(12-30-21)35-7-5-6-33(3)4/h8-13,15,32H,5-7,14H2,1-4H3,(H2,28,34)(H,30,31)/t24-/m1/s1. The van der Waals surface area contributed by atoms with E-state index in [0.29, 0.717) is 23.6 Å². The van der Waals surface area contributed by atoms with Crippen LogP contribution in [0.15, 0.2) is 36.9 Å². The average molecular weight is 493 g/mol. The SMILES string of the molecule is CC(C)[C@](NCC(F)(F)F)(C(N)=O)c1cncc(-c2c[nH]c3ncc(OCCCN(C)C)cc23)c1. The minimum Gasteiger partial charge on any atom is -0.492 e. The number of fused-ring (bicyclic) bond motifs is 1. The minimum atomic E-state index is -4.52. The molecule has 3 aromatic heterocycles. The number of H-pyrrole nitrogens is 1. The number of amides is 1. The van der Waals surface area contributed by atoms with Crippen LogP contribution in [0.25, 0.3) is 22.2 Å². The Morgan fingerprint density at radius 3 is 2.60 bits per heavy atom. The monoisotopic (exact) mass is 492 g/mol. The van der Waals surface area contributed by atoms with Crippen molar-refractivity contribution in [1.82, 2.24) is 25.2 Å². The number of nitrogens with zero attached hydrogens (tertiary/aromatic N) is 3. The van der Waals surface area contributed by atoms with Gasteiger partial charge < -0.3 is 20.4 Å². The van der Waals surface area contributed by atoms with Crippen molar-refractivity contribution in [1.29, 1.82) is 0 Å². The van der Waals surface area contributed by atoms with Crippen LogP contribution < -0.4 is 15.8 Å². The van der Waals surface area contributed by atoms with Gasteiger partial charge in [-0.05, 0) is 38.6 Å². The van der Waals surface area contributed by atoms with Gasteiger partial charge in [0.05, 0.1) is 19.3 Å². The van der Waals surface area contributed by atoms with Gasteiger partial charge in [-0.25, -0.2) is 4.98 Å². The zero-order chi connectivity index (χ0) is 25.8. The van der Waals surface area contributed by atoms with Crippen LogP contribution in [0.5, 0.6) is 5.75 Å². The van der Waals surface area contributed by atoms with E-state index in [0.717, 1.165) is 23.9 Å². The van der Waals surface area contributed by atoms with Crippen molar-refractivity contribution in [3.8, 4) is 16.9 Å². The highest BCUT2D eigenvalue weighted by Gasteiger charge is 2.44. The smallest absolute Gasteiger partial charge is 0.401 e. The van der Waals surface area contributed by atoms with E-state index >= 15 is 0 Å². The highest BCUT2D eigenvalue weighted by Crippen LogP contribution is 2.35. The maximum Gasteiger partial charge on any atom is 0.401 e. The molecule has 3 heterocycles. The Labute approximate surface area is 202 Å². The highest BCUT2D eigenvalue weighted by atomic mass is 19.4. The number of halogens is 3. The number of alkyl halides is 3. The third kappa shape index (κ3) is 6.09. The molecule has 0 spiro atoms. The molecule has 3 rings (SSSR count). The lowest BCUT2D eigenvalue weighted by atomic mass is 9.79. The molecule has 190 valence electrons. The molecule has 0 bridgehead atoms. The van der Waals surface area contributed by atoms with Gasteiger partial charge in [0.2, 0.25) is 5.91 Å². The fraction of sp³-hybridized carbons (Fsp3) is 0.458. The summed E-state index contributed by atoms with van der Waals surface area (Å²) in [6.45, 7) is 3.32. The van der Waals surface area contributed by atoms with Crippen LogP contribution in [0.1, 0.15) is 25.8 Å². The van der Waals surface area contributed by atoms with Crippen LogP contribution in [-0.2, 0) is 10.3 Å². The first-order chi connectivity index (χ1) is 16.4. The Bertz CT molecular complexity index is 1160. The largest absolute Gasteiger partial charge is 0.492 e. The Morgan fingerprint density at radius 2 is 1.97 bits per heavy atom. The zero-order valence-electron chi connectivity index (χ0n) is 20.2. The van der Waals surface area contributed by atoms with Crippen LogP contribution >= 0.6 is 0 Å². The number of ether oxygens (including phenoxy) is 1. The van der Waals surface area contributed by atoms with E-state index in [1.54, 1.807) is 38.5 Å². The average Bonchev–Trinajstić information content (AvgIpc) is 3.19. The van der Waals surface area contributed by atoms with E-state index in [1.165, 1.54) is 6.20 Å². The van der Waals surface area contributed by atoms with E-state index in [1.807, 2.05) is 20.2 Å². The minimum absolute atomic E-state index is 0.250. The summed E-state index contributed by atoms with van der Waals surface area (Å²) in [6, 6.07) is 3.48. The molecule has 35 heavy (non-hydrogen) atoms. The molecule has 0 saturated carbocycles. The lowest BCUT2D eigenvalue weighted by Crippen LogP contribution is -2.58. The first kappa shape index (κ1) is 26.4. The van der Waals surface area contributed by atoms with E-state index < -0.39 is 30.1 Å². The van der Waals surface area contributed by atoms with E-state index in [4.69, 9.17) is 10.5 Å². The topological polar surface area (TPSA) is 109 Å². The van der Waals surface area contributed by atoms with Gasteiger partial charge >= 0.3 is 6.18 Å². The molecule has 4 N–H and O–H groups in total. The first-order valence-corrected chi connectivity index (χ1v) is 11.3. The molecular formula is C24H31F3N6O2. The summed E-state index contributed by atoms with van der Waals surface area (Å²) in [4.78, 5) is 26.3. The second-order valence-electron chi connectivity index (χ2n) is 9.03. The van der Waals surface area contributed by atoms with Crippen molar-refractivity contribution in [3.63, 3.8) is 0 Å². The van der Waals surface area contributed by atoms with Crippen LogP contribution in [0.4, 0.5) is 13.2 Å². The normalized spacial score (nSPS) is 14.0. The summed E-state index contributed by atoms with van der Waals surface area (Å²) in [7, 11) is 3.99. The van der Waals surface area contributed by atoms with Gasteiger partial charge in [-0.2, -0.15) is 13.2 Å². The summed E-state index contributed by atoms with van der Waals surface area (Å²) >= 11 is 0. The Balaban J connectivity index is 1.98. The third-order valence-electron chi connectivity index (χ3n) is 5.85.